The maximum absolute atomic E-state index is 13.1. The molecule has 0 atom stereocenters. The van der Waals surface area contributed by atoms with Crippen LogP contribution in [0.4, 0.5) is 0 Å². The minimum atomic E-state index is -0.174. The number of hydrogen-bond donors (Lipinski definition) is 1. The van der Waals surface area contributed by atoms with Gasteiger partial charge in [0.2, 0.25) is 0 Å². The van der Waals surface area contributed by atoms with Crippen molar-refractivity contribution < 1.29 is 0 Å². The first-order valence-electron chi connectivity index (χ1n) is 8.88. The highest BCUT2D eigenvalue weighted by Crippen LogP contribution is 2.31. The summed E-state index contributed by atoms with van der Waals surface area (Å²) in [5.74, 6) is 2.53. The summed E-state index contributed by atoms with van der Waals surface area (Å²) in [4.78, 5) is 22.1. The van der Waals surface area contributed by atoms with Crippen molar-refractivity contribution in [3.63, 3.8) is 0 Å². The van der Waals surface area contributed by atoms with Gasteiger partial charge in [-0.2, -0.15) is 10.2 Å². The monoisotopic (exact) mass is 401 g/mol. The quantitative estimate of drug-likeness (QED) is 0.465. The molecule has 5 aromatic rings. The molecule has 0 spiro atoms. The molecule has 0 amide bonds. The van der Waals surface area contributed by atoms with E-state index in [9.17, 15) is 4.79 Å². The Morgan fingerprint density at radius 2 is 2.14 bits per heavy atom. The van der Waals surface area contributed by atoms with Gasteiger partial charge in [0.25, 0.3) is 5.56 Å². The fourth-order valence-electron chi connectivity index (χ4n) is 3.32. The molecule has 0 aliphatic rings. The van der Waals surface area contributed by atoms with Crippen molar-refractivity contribution in [1.82, 2.24) is 34.5 Å². The van der Waals surface area contributed by atoms with E-state index in [0.717, 1.165) is 26.4 Å². The van der Waals surface area contributed by atoms with Crippen molar-refractivity contribution in [1.29, 1.82) is 0 Å². The first-order chi connectivity index (χ1) is 14.1. The Morgan fingerprint density at radius 1 is 1.24 bits per heavy atom. The van der Waals surface area contributed by atoms with Crippen molar-refractivity contribution in [2.75, 3.05) is 0 Å². The number of pyridine rings is 1. The van der Waals surface area contributed by atoms with Crippen LogP contribution in [0.3, 0.4) is 0 Å². The van der Waals surface area contributed by atoms with Crippen LogP contribution in [0.1, 0.15) is 22.0 Å². The Labute approximate surface area is 168 Å². The van der Waals surface area contributed by atoms with Crippen LogP contribution in [0, 0.1) is 12.3 Å². The molecule has 0 saturated carbocycles. The van der Waals surface area contributed by atoms with E-state index in [1.165, 1.54) is 4.68 Å². The summed E-state index contributed by atoms with van der Waals surface area (Å²) in [6.07, 6.45) is 11.1. The average Bonchev–Trinajstić information content (AvgIpc) is 3.44. The smallest absolute Gasteiger partial charge is 0.291 e. The molecule has 0 aromatic carbocycles. The molecule has 5 aromatic heterocycles. The second kappa shape index (κ2) is 6.68. The number of hydrogen-bond acceptors (Lipinski definition) is 6. The largest absolute Gasteiger partial charge is 0.323 e. The molecule has 0 aliphatic carbocycles. The van der Waals surface area contributed by atoms with E-state index in [-0.39, 0.29) is 12.1 Å². The SMILES string of the molecule is C#Cc1ccc(Cn2ncc3c4sc(Cc5cc[nH]n5)nc4n(C)c3c2=O)nc1. The van der Waals surface area contributed by atoms with Crippen molar-refractivity contribution in [3.05, 3.63) is 69.1 Å². The van der Waals surface area contributed by atoms with Gasteiger partial charge >= 0.3 is 0 Å². The lowest BCUT2D eigenvalue weighted by Gasteiger charge is -2.05. The normalized spacial score (nSPS) is 11.3. The molecular formula is C20H15N7OS. The van der Waals surface area contributed by atoms with Crippen LogP contribution in [0.2, 0.25) is 0 Å². The third-order valence-corrected chi connectivity index (χ3v) is 5.84. The van der Waals surface area contributed by atoms with Gasteiger partial charge in [-0.1, -0.05) is 5.92 Å². The maximum Gasteiger partial charge on any atom is 0.291 e. The number of nitrogens with zero attached hydrogens (tertiary/aromatic N) is 6. The Hall–Kier alpha value is -3.77. The maximum atomic E-state index is 13.1. The fraction of sp³-hybridized carbons (Fsp3) is 0.150. The van der Waals surface area contributed by atoms with Crippen LogP contribution in [0.5, 0.6) is 0 Å². The van der Waals surface area contributed by atoms with Gasteiger partial charge in [-0.05, 0) is 18.2 Å². The van der Waals surface area contributed by atoms with Gasteiger partial charge in [0.1, 0.15) is 10.5 Å². The van der Waals surface area contributed by atoms with Crippen molar-refractivity contribution in [3.8, 4) is 12.3 Å². The third kappa shape index (κ3) is 2.90. The number of aromatic nitrogens is 7. The first-order valence-corrected chi connectivity index (χ1v) is 9.70. The minimum absolute atomic E-state index is 0.174. The summed E-state index contributed by atoms with van der Waals surface area (Å²) >= 11 is 1.56. The molecule has 1 N–H and O–H groups in total. The Balaban J connectivity index is 1.55. The molecule has 142 valence electrons. The zero-order valence-electron chi connectivity index (χ0n) is 15.5. The zero-order chi connectivity index (χ0) is 20.0. The highest BCUT2D eigenvalue weighted by atomic mass is 32.1. The van der Waals surface area contributed by atoms with Gasteiger partial charge in [0.15, 0.2) is 5.65 Å². The number of terminal acetylenes is 1. The van der Waals surface area contributed by atoms with Gasteiger partial charge in [-0.3, -0.25) is 14.9 Å². The first kappa shape index (κ1) is 17.3. The molecule has 0 radical (unpaired) electrons. The Bertz CT molecular complexity index is 1430. The molecule has 0 bridgehead atoms. The summed E-state index contributed by atoms with van der Waals surface area (Å²) in [6.45, 7) is 0.274. The number of thiazole rings is 1. The van der Waals surface area contributed by atoms with E-state index < -0.39 is 0 Å². The minimum Gasteiger partial charge on any atom is -0.323 e. The lowest BCUT2D eigenvalue weighted by molar-refractivity contribution is 0.632. The van der Waals surface area contributed by atoms with E-state index in [4.69, 9.17) is 11.4 Å². The van der Waals surface area contributed by atoms with E-state index in [1.54, 1.807) is 42.1 Å². The molecule has 0 fully saturated rings. The number of aromatic amines is 1. The summed E-state index contributed by atoms with van der Waals surface area (Å²) in [5, 5.41) is 13.1. The van der Waals surface area contributed by atoms with Gasteiger partial charge in [-0.15, -0.1) is 17.8 Å². The molecule has 5 rings (SSSR count). The summed E-state index contributed by atoms with van der Waals surface area (Å²) in [5.41, 5.74) is 3.53. The van der Waals surface area contributed by atoms with Crippen LogP contribution in [-0.4, -0.2) is 34.5 Å². The predicted octanol–water partition coefficient (Wildman–Crippen LogP) is 2.08. The second-order valence-corrected chi connectivity index (χ2v) is 7.70. The number of fused-ring (bicyclic) bond motifs is 3. The van der Waals surface area contributed by atoms with Gasteiger partial charge in [0.05, 0.1) is 28.8 Å². The Morgan fingerprint density at radius 3 is 2.86 bits per heavy atom. The van der Waals surface area contributed by atoms with Crippen molar-refractivity contribution in [2.24, 2.45) is 7.05 Å². The number of nitrogens with one attached hydrogen (secondary N) is 1. The third-order valence-electron chi connectivity index (χ3n) is 4.76. The van der Waals surface area contributed by atoms with Gasteiger partial charge in [0, 0.05) is 36.8 Å². The highest BCUT2D eigenvalue weighted by Gasteiger charge is 2.18. The van der Waals surface area contributed by atoms with E-state index in [1.807, 2.05) is 17.7 Å². The van der Waals surface area contributed by atoms with Gasteiger partial charge in [-0.25, -0.2) is 9.67 Å². The van der Waals surface area contributed by atoms with Crippen LogP contribution in [-0.2, 0) is 20.0 Å². The molecule has 29 heavy (non-hydrogen) atoms. The van der Waals surface area contributed by atoms with E-state index >= 15 is 0 Å². The average molecular weight is 401 g/mol. The predicted molar refractivity (Wildman–Crippen MR) is 111 cm³/mol. The van der Waals surface area contributed by atoms with Crippen LogP contribution >= 0.6 is 11.3 Å². The van der Waals surface area contributed by atoms with E-state index in [0.29, 0.717) is 23.2 Å². The molecular weight excluding hydrogens is 386 g/mol. The topological polar surface area (TPSA) is 94.3 Å². The lowest BCUT2D eigenvalue weighted by Crippen LogP contribution is -2.24. The fourth-order valence-corrected chi connectivity index (χ4v) is 4.44. The van der Waals surface area contributed by atoms with Crippen molar-refractivity contribution >= 4 is 32.6 Å². The molecule has 5 heterocycles. The molecule has 9 heteroatoms. The lowest BCUT2D eigenvalue weighted by atomic mass is 10.2. The molecule has 0 aliphatic heterocycles. The summed E-state index contributed by atoms with van der Waals surface area (Å²) < 4.78 is 4.21. The number of aryl methyl sites for hydroxylation is 1. The second-order valence-electron chi connectivity index (χ2n) is 6.61. The van der Waals surface area contributed by atoms with Crippen molar-refractivity contribution in [2.45, 2.75) is 13.0 Å². The van der Waals surface area contributed by atoms with Crippen LogP contribution in [0.25, 0.3) is 21.3 Å². The number of rotatable bonds is 4. The summed E-state index contributed by atoms with van der Waals surface area (Å²) in [6, 6.07) is 5.53. The molecule has 8 nitrogen and oxygen atoms in total. The van der Waals surface area contributed by atoms with Crippen LogP contribution < -0.4 is 5.56 Å². The highest BCUT2D eigenvalue weighted by molar-refractivity contribution is 7.19. The molecule has 0 unspecified atom stereocenters. The number of H-pyrrole nitrogens is 1. The standard InChI is InChI=1S/C20H15N7OS/c1-3-12-4-5-14(21-9-12)11-27-20(28)17-15(10-23-27)18-19(26(17)2)24-16(29-18)8-13-6-7-22-25-13/h1,4-7,9-10H,8,11H2,2H3,(H,22,25). The molecule has 0 saturated heterocycles. The zero-order valence-corrected chi connectivity index (χ0v) is 16.3. The summed E-state index contributed by atoms with van der Waals surface area (Å²) in [7, 11) is 1.86. The Kier molecular flexibility index (Phi) is 4.00. The van der Waals surface area contributed by atoms with E-state index in [2.05, 4.69) is 26.2 Å². The van der Waals surface area contributed by atoms with Crippen LogP contribution in [0.15, 0.2) is 41.6 Å². The van der Waals surface area contributed by atoms with Gasteiger partial charge < -0.3 is 4.57 Å².